The average molecular weight is 470 g/mol. The Bertz CT molecular complexity index is 1680. The van der Waals surface area contributed by atoms with Gasteiger partial charge in [-0.1, -0.05) is 72.8 Å². The van der Waals surface area contributed by atoms with Crippen LogP contribution in [0.4, 0.5) is 0 Å². The van der Waals surface area contributed by atoms with Gasteiger partial charge in [-0.15, -0.1) is 0 Å². The molecule has 0 aliphatic carbocycles. The van der Waals surface area contributed by atoms with E-state index in [0.717, 1.165) is 22.6 Å². The summed E-state index contributed by atoms with van der Waals surface area (Å²) in [5.41, 5.74) is 9.54. The molecule has 6 aromatic rings. The van der Waals surface area contributed by atoms with Crippen LogP contribution in [0.15, 0.2) is 109 Å². The van der Waals surface area contributed by atoms with Gasteiger partial charge in [0.2, 0.25) is 0 Å². The van der Waals surface area contributed by atoms with Crippen molar-refractivity contribution in [2.75, 3.05) is 14.2 Å². The molecule has 5 aromatic carbocycles. The number of ether oxygens (including phenoxy) is 2. The molecule has 0 unspecified atom stereocenters. The zero-order valence-electron chi connectivity index (χ0n) is 20.7. The van der Waals surface area contributed by atoms with E-state index in [1.54, 1.807) is 14.2 Å². The molecule has 3 heteroatoms. The van der Waals surface area contributed by atoms with E-state index in [9.17, 15) is 0 Å². The van der Waals surface area contributed by atoms with Gasteiger partial charge in [0, 0.05) is 28.9 Å². The first-order valence-corrected chi connectivity index (χ1v) is 12.1. The Morgan fingerprint density at radius 1 is 0.556 bits per heavy atom. The molecule has 36 heavy (non-hydrogen) atoms. The van der Waals surface area contributed by atoms with Crippen molar-refractivity contribution >= 4 is 21.8 Å². The van der Waals surface area contributed by atoms with Crippen molar-refractivity contribution in [1.29, 1.82) is 0 Å². The summed E-state index contributed by atoms with van der Waals surface area (Å²) in [6.07, 6.45) is 0. The quantitative estimate of drug-likeness (QED) is 0.253. The minimum Gasteiger partial charge on any atom is -0.497 e. The summed E-state index contributed by atoms with van der Waals surface area (Å²) in [6.45, 7) is 0. The average Bonchev–Trinajstić information content (AvgIpc) is 3.25. The van der Waals surface area contributed by atoms with E-state index in [2.05, 4.69) is 96.5 Å². The smallest absolute Gasteiger partial charge is 0.118 e. The highest BCUT2D eigenvalue weighted by Crippen LogP contribution is 2.46. The van der Waals surface area contributed by atoms with E-state index in [-0.39, 0.29) is 0 Å². The van der Waals surface area contributed by atoms with Crippen LogP contribution in [0.1, 0.15) is 0 Å². The third-order valence-electron chi connectivity index (χ3n) is 7.04. The number of aromatic nitrogens is 1. The fraction of sp³-hybridized carbons (Fsp3) is 0.0909. The second-order valence-electron chi connectivity index (χ2n) is 8.97. The third kappa shape index (κ3) is 3.52. The van der Waals surface area contributed by atoms with E-state index >= 15 is 0 Å². The summed E-state index contributed by atoms with van der Waals surface area (Å²) in [5, 5.41) is 2.52. The molecule has 0 aliphatic rings. The molecule has 0 N–H and O–H groups in total. The maximum Gasteiger partial charge on any atom is 0.118 e. The minimum atomic E-state index is 0.846. The summed E-state index contributed by atoms with van der Waals surface area (Å²) in [4.78, 5) is 0. The maximum absolute atomic E-state index is 5.46. The molecule has 0 atom stereocenters. The molecule has 0 saturated heterocycles. The summed E-state index contributed by atoms with van der Waals surface area (Å²) < 4.78 is 13.2. The van der Waals surface area contributed by atoms with Crippen LogP contribution in [0.5, 0.6) is 11.5 Å². The molecule has 0 fully saturated rings. The van der Waals surface area contributed by atoms with Gasteiger partial charge in [0.05, 0.1) is 19.7 Å². The standard InChI is InChI=1S/C33H27NO2/c1-34-30-12-8-7-11-27(30)32-29(22-9-5-4-6-10-22)21-28(23-13-17-25(35-2)18-14-23)31(33(32)34)24-15-19-26(36-3)20-16-24/h4-21H,1-3H3. The number of nitrogens with zero attached hydrogens (tertiary/aromatic N) is 1. The first-order chi connectivity index (χ1) is 17.7. The van der Waals surface area contributed by atoms with Crippen molar-refractivity contribution in [3.8, 4) is 44.9 Å². The van der Waals surface area contributed by atoms with Gasteiger partial charge in [0.25, 0.3) is 0 Å². The van der Waals surface area contributed by atoms with Crippen LogP contribution in [-0.2, 0) is 7.05 Å². The second-order valence-corrected chi connectivity index (χ2v) is 8.97. The molecular weight excluding hydrogens is 442 g/mol. The van der Waals surface area contributed by atoms with Gasteiger partial charge in [-0.25, -0.2) is 0 Å². The largest absolute Gasteiger partial charge is 0.497 e. The molecule has 176 valence electrons. The monoisotopic (exact) mass is 469 g/mol. The SMILES string of the molecule is COc1ccc(-c2cc(-c3ccccc3)c3c4ccccc4n(C)c3c2-c2ccc(OC)cc2)cc1. The van der Waals surface area contributed by atoms with Crippen molar-refractivity contribution in [2.45, 2.75) is 0 Å². The summed E-state index contributed by atoms with van der Waals surface area (Å²) in [7, 11) is 5.58. The fourth-order valence-corrected chi connectivity index (χ4v) is 5.27. The lowest BCUT2D eigenvalue weighted by Crippen LogP contribution is -1.95. The third-order valence-corrected chi connectivity index (χ3v) is 7.04. The van der Waals surface area contributed by atoms with Crippen molar-refractivity contribution in [2.24, 2.45) is 7.05 Å². The van der Waals surface area contributed by atoms with Crippen LogP contribution in [0.25, 0.3) is 55.2 Å². The van der Waals surface area contributed by atoms with Crippen LogP contribution in [0.3, 0.4) is 0 Å². The number of rotatable bonds is 5. The van der Waals surface area contributed by atoms with Crippen molar-refractivity contribution in [1.82, 2.24) is 4.57 Å². The highest BCUT2D eigenvalue weighted by molar-refractivity contribution is 6.21. The van der Waals surface area contributed by atoms with Crippen LogP contribution in [0.2, 0.25) is 0 Å². The Morgan fingerprint density at radius 3 is 1.75 bits per heavy atom. The van der Waals surface area contributed by atoms with Crippen LogP contribution in [-0.4, -0.2) is 18.8 Å². The molecule has 0 amide bonds. The molecule has 0 radical (unpaired) electrons. The Balaban J connectivity index is 1.80. The normalized spacial score (nSPS) is 11.2. The lowest BCUT2D eigenvalue weighted by Gasteiger charge is -2.18. The minimum absolute atomic E-state index is 0.846. The van der Waals surface area contributed by atoms with E-state index in [1.165, 1.54) is 44.1 Å². The highest BCUT2D eigenvalue weighted by atomic mass is 16.5. The van der Waals surface area contributed by atoms with Crippen LogP contribution >= 0.6 is 0 Å². The van der Waals surface area contributed by atoms with Crippen LogP contribution < -0.4 is 9.47 Å². The molecular formula is C33H27NO2. The van der Waals surface area contributed by atoms with Gasteiger partial charge in [-0.3, -0.25) is 0 Å². The zero-order valence-corrected chi connectivity index (χ0v) is 20.7. The van der Waals surface area contributed by atoms with E-state index in [0.29, 0.717) is 0 Å². The number of hydrogen-bond acceptors (Lipinski definition) is 2. The number of aryl methyl sites for hydroxylation is 1. The fourth-order valence-electron chi connectivity index (χ4n) is 5.27. The van der Waals surface area contributed by atoms with Gasteiger partial charge < -0.3 is 14.0 Å². The summed E-state index contributed by atoms with van der Waals surface area (Å²) >= 11 is 0. The number of para-hydroxylation sites is 1. The predicted molar refractivity (Wildman–Crippen MR) is 150 cm³/mol. The number of fused-ring (bicyclic) bond motifs is 3. The van der Waals surface area contributed by atoms with Crippen molar-refractivity contribution < 1.29 is 9.47 Å². The molecule has 3 nitrogen and oxygen atoms in total. The van der Waals surface area contributed by atoms with Gasteiger partial charge in [0.15, 0.2) is 0 Å². The lowest BCUT2D eigenvalue weighted by atomic mass is 9.87. The molecule has 1 heterocycles. The lowest BCUT2D eigenvalue weighted by molar-refractivity contribution is 0.414. The van der Waals surface area contributed by atoms with Gasteiger partial charge in [-0.05, 0) is 64.2 Å². The van der Waals surface area contributed by atoms with E-state index in [4.69, 9.17) is 9.47 Å². The van der Waals surface area contributed by atoms with Crippen molar-refractivity contribution in [3.05, 3.63) is 109 Å². The first-order valence-electron chi connectivity index (χ1n) is 12.1. The van der Waals surface area contributed by atoms with Crippen LogP contribution in [0, 0.1) is 0 Å². The molecule has 6 rings (SSSR count). The molecule has 0 saturated carbocycles. The Labute approximate surface area is 211 Å². The highest BCUT2D eigenvalue weighted by Gasteiger charge is 2.22. The molecule has 0 spiro atoms. The van der Waals surface area contributed by atoms with E-state index in [1.807, 2.05) is 24.3 Å². The Hall–Kier alpha value is -4.50. The maximum atomic E-state index is 5.46. The van der Waals surface area contributed by atoms with Gasteiger partial charge in [0.1, 0.15) is 11.5 Å². The Morgan fingerprint density at radius 2 is 1.11 bits per heavy atom. The topological polar surface area (TPSA) is 23.4 Å². The van der Waals surface area contributed by atoms with Crippen molar-refractivity contribution in [3.63, 3.8) is 0 Å². The summed E-state index contributed by atoms with van der Waals surface area (Å²) in [6, 6.07) is 38.4. The second kappa shape index (κ2) is 8.94. The molecule has 0 aliphatic heterocycles. The zero-order chi connectivity index (χ0) is 24.6. The number of hydrogen-bond donors (Lipinski definition) is 0. The number of benzene rings is 5. The van der Waals surface area contributed by atoms with Gasteiger partial charge in [-0.2, -0.15) is 0 Å². The molecule has 0 bridgehead atoms. The molecule has 1 aromatic heterocycles. The van der Waals surface area contributed by atoms with Gasteiger partial charge >= 0.3 is 0 Å². The first kappa shape index (κ1) is 22.0. The number of methoxy groups -OCH3 is 2. The predicted octanol–water partition coefficient (Wildman–Crippen LogP) is 8.35. The Kier molecular flexibility index (Phi) is 5.46. The summed E-state index contributed by atoms with van der Waals surface area (Å²) in [5.74, 6) is 1.69. The van der Waals surface area contributed by atoms with E-state index < -0.39 is 0 Å².